The number of hydrogen-bond donors (Lipinski definition) is 4. The maximum Gasteiger partial charge on any atom is 0.251 e. The summed E-state index contributed by atoms with van der Waals surface area (Å²) in [7, 11) is 0. The van der Waals surface area contributed by atoms with Crippen LogP contribution in [0.3, 0.4) is 0 Å². The molecular formula is C18H19N7O2. The van der Waals surface area contributed by atoms with Crippen molar-refractivity contribution in [1.82, 2.24) is 25.5 Å². The molecule has 3 aromatic rings. The molecule has 2 aromatic heterocycles. The van der Waals surface area contributed by atoms with Gasteiger partial charge in [0.1, 0.15) is 12.4 Å². The van der Waals surface area contributed by atoms with Crippen molar-refractivity contribution in [3.63, 3.8) is 0 Å². The molecule has 3 rings (SSSR count). The number of aromatic amines is 1. The summed E-state index contributed by atoms with van der Waals surface area (Å²) < 4.78 is 0. The smallest absolute Gasteiger partial charge is 0.251 e. The number of nitrogens with two attached hydrogens (primary N) is 1. The Labute approximate surface area is 155 Å². The Morgan fingerprint density at radius 2 is 2.11 bits per heavy atom. The van der Waals surface area contributed by atoms with E-state index in [1.807, 2.05) is 18.2 Å². The van der Waals surface area contributed by atoms with Crippen LogP contribution in [-0.2, 0) is 4.79 Å². The van der Waals surface area contributed by atoms with Crippen molar-refractivity contribution in [2.45, 2.75) is 12.5 Å². The number of nitrogens with zero attached hydrogens (tertiary/aromatic N) is 3. The van der Waals surface area contributed by atoms with Gasteiger partial charge in [0.15, 0.2) is 5.82 Å². The van der Waals surface area contributed by atoms with Crippen molar-refractivity contribution in [1.29, 1.82) is 0 Å². The lowest BCUT2D eigenvalue weighted by Gasteiger charge is -2.18. The number of hydrogen-bond acceptors (Lipinski definition) is 6. The average Bonchev–Trinajstić information content (AvgIpc) is 3.21. The summed E-state index contributed by atoms with van der Waals surface area (Å²) in [4.78, 5) is 31.4. The van der Waals surface area contributed by atoms with Crippen molar-refractivity contribution in [3.05, 3.63) is 72.1 Å². The molecular weight excluding hydrogens is 346 g/mol. The van der Waals surface area contributed by atoms with E-state index in [0.29, 0.717) is 11.4 Å². The summed E-state index contributed by atoms with van der Waals surface area (Å²) in [6.07, 6.45) is 4.96. The Hall–Kier alpha value is -3.75. The largest absolute Gasteiger partial charge is 0.371 e. The van der Waals surface area contributed by atoms with Crippen LogP contribution in [0.2, 0.25) is 0 Å². The molecule has 0 saturated heterocycles. The van der Waals surface area contributed by atoms with Crippen LogP contribution in [0.1, 0.15) is 34.2 Å². The number of carbonyl (C=O) groups is 2. The van der Waals surface area contributed by atoms with Crippen LogP contribution in [0.5, 0.6) is 0 Å². The highest BCUT2D eigenvalue weighted by Crippen LogP contribution is 2.24. The van der Waals surface area contributed by atoms with Gasteiger partial charge in [-0.2, -0.15) is 5.10 Å². The van der Waals surface area contributed by atoms with Gasteiger partial charge < -0.3 is 16.4 Å². The zero-order valence-corrected chi connectivity index (χ0v) is 14.4. The molecule has 0 aliphatic carbocycles. The highest BCUT2D eigenvalue weighted by molar-refractivity contribution is 5.95. The number of anilines is 1. The Balaban J connectivity index is 1.77. The van der Waals surface area contributed by atoms with E-state index in [9.17, 15) is 9.59 Å². The summed E-state index contributed by atoms with van der Waals surface area (Å²) in [5.74, 6) is -0.117. The van der Waals surface area contributed by atoms with Crippen LogP contribution < -0.4 is 16.4 Å². The molecule has 1 unspecified atom stereocenters. The van der Waals surface area contributed by atoms with Gasteiger partial charge in [0.05, 0.1) is 0 Å². The second-order valence-electron chi connectivity index (χ2n) is 5.79. The minimum absolute atomic E-state index is 0.0955. The third-order valence-electron chi connectivity index (χ3n) is 3.82. The molecule has 9 nitrogen and oxygen atoms in total. The fraction of sp³-hybridized carbons (Fsp3) is 0.167. The van der Waals surface area contributed by atoms with Gasteiger partial charge in [-0.25, -0.2) is 4.98 Å². The fourth-order valence-corrected chi connectivity index (χ4v) is 2.53. The van der Waals surface area contributed by atoms with Crippen molar-refractivity contribution in [2.75, 3.05) is 11.9 Å². The van der Waals surface area contributed by atoms with Crippen LogP contribution in [0.25, 0.3) is 0 Å². The van der Waals surface area contributed by atoms with E-state index < -0.39 is 5.91 Å². The van der Waals surface area contributed by atoms with Gasteiger partial charge in [-0.3, -0.25) is 19.7 Å². The highest BCUT2D eigenvalue weighted by Gasteiger charge is 2.18. The lowest BCUT2D eigenvalue weighted by atomic mass is 10.1. The monoisotopic (exact) mass is 365 g/mol. The molecule has 2 heterocycles. The number of carbonyl (C=O) groups excluding carboxylic acids is 2. The Kier molecular flexibility index (Phi) is 5.73. The van der Waals surface area contributed by atoms with Crippen LogP contribution >= 0.6 is 0 Å². The number of pyridine rings is 1. The second-order valence-corrected chi connectivity index (χ2v) is 5.79. The molecule has 0 spiro atoms. The summed E-state index contributed by atoms with van der Waals surface area (Å²) in [5, 5.41) is 12.8. The van der Waals surface area contributed by atoms with Gasteiger partial charge in [0.25, 0.3) is 5.91 Å². The zero-order chi connectivity index (χ0) is 19.1. The van der Waals surface area contributed by atoms with Gasteiger partial charge in [-0.05, 0) is 24.3 Å². The molecule has 1 atom stereocenters. The van der Waals surface area contributed by atoms with Crippen molar-refractivity contribution in [3.8, 4) is 0 Å². The first-order valence-corrected chi connectivity index (χ1v) is 8.32. The quantitative estimate of drug-likeness (QED) is 0.470. The Bertz CT molecular complexity index is 897. The first-order chi connectivity index (χ1) is 13.1. The van der Waals surface area contributed by atoms with Crippen molar-refractivity contribution >= 4 is 17.5 Å². The first kappa shape index (κ1) is 18.1. The van der Waals surface area contributed by atoms with Crippen molar-refractivity contribution < 1.29 is 9.59 Å². The molecule has 2 amide bonds. The molecule has 0 aliphatic heterocycles. The van der Waals surface area contributed by atoms with E-state index in [2.05, 4.69) is 30.8 Å². The summed E-state index contributed by atoms with van der Waals surface area (Å²) in [6.45, 7) is 0.197. The Morgan fingerprint density at radius 3 is 2.81 bits per heavy atom. The van der Waals surface area contributed by atoms with Gasteiger partial charge in [0.2, 0.25) is 5.91 Å². The van der Waals surface area contributed by atoms with E-state index in [0.717, 1.165) is 11.3 Å². The topological polar surface area (TPSA) is 139 Å². The lowest BCUT2D eigenvalue weighted by molar-refractivity contribution is -0.117. The molecule has 5 N–H and O–H groups in total. The van der Waals surface area contributed by atoms with Crippen LogP contribution in [-0.4, -0.2) is 38.5 Å². The molecule has 1 aromatic carbocycles. The first-order valence-electron chi connectivity index (χ1n) is 8.32. The lowest BCUT2D eigenvalue weighted by Crippen LogP contribution is -2.27. The fourth-order valence-electron chi connectivity index (χ4n) is 2.53. The molecule has 0 fully saturated rings. The van der Waals surface area contributed by atoms with Crippen LogP contribution in [0.4, 0.5) is 5.69 Å². The average molecular weight is 365 g/mol. The molecule has 0 saturated carbocycles. The van der Waals surface area contributed by atoms with Gasteiger partial charge >= 0.3 is 0 Å². The third-order valence-corrected chi connectivity index (χ3v) is 3.82. The summed E-state index contributed by atoms with van der Waals surface area (Å²) >= 11 is 0. The van der Waals surface area contributed by atoms with E-state index in [4.69, 9.17) is 5.73 Å². The normalized spacial score (nSPS) is 11.6. The predicted molar refractivity (Wildman–Crippen MR) is 98.7 cm³/mol. The molecule has 138 valence electrons. The summed E-state index contributed by atoms with van der Waals surface area (Å²) in [5.41, 5.74) is 7.16. The number of H-pyrrole nitrogens is 1. The number of rotatable bonds is 8. The molecule has 27 heavy (non-hydrogen) atoms. The number of aromatic nitrogens is 4. The van der Waals surface area contributed by atoms with Crippen LogP contribution in [0.15, 0.2) is 55.1 Å². The minimum Gasteiger partial charge on any atom is -0.371 e. The minimum atomic E-state index is -0.461. The third kappa shape index (κ3) is 4.88. The molecule has 9 heteroatoms. The highest BCUT2D eigenvalue weighted by atomic mass is 16.2. The van der Waals surface area contributed by atoms with Gasteiger partial charge in [0, 0.05) is 42.2 Å². The van der Waals surface area contributed by atoms with Crippen molar-refractivity contribution in [2.24, 2.45) is 5.73 Å². The molecule has 0 aliphatic rings. The maximum atomic E-state index is 12.2. The zero-order valence-electron chi connectivity index (χ0n) is 14.4. The maximum absolute atomic E-state index is 12.2. The van der Waals surface area contributed by atoms with Gasteiger partial charge in [-0.15, -0.1) is 0 Å². The Morgan fingerprint density at radius 1 is 1.22 bits per heavy atom. The van der Waals surface area contributed by atoms with Crippen LogP contribution in [0, 0.1) is 0 Å². The number of nitrogens with one attached hydrogen (secondary N) is 3. The summed E-state index contributed by atoms with van der Waals surface area (Å²) in [6, 6.07) is 10.5. The van der Waals surface area contributed by atoms with E-state index >= 15 is 0 Å². The number of primary amides is 1. The van der Waals surface area contributed by atoms with E-state index in [1.165, 1.54) is 6.33 Å². The molecule has 0 bridgehead atoms. The number of amides is 2. The van der Waals surface area contributed by atoms with Gasteiger partial charge in [-0.1, -0.05) is 12.1 Å². The predicted octanol–water partition coefficient (Wildman–Crippen LogP) is 1.01. The SMILES string of the molecule is NC(=O)CCNC(=O)c1cccc(NC(c2cccnc2)c2ncn[nH]2)c1. The molecule has 0 radical (unpaired) electrons. The van der Waals surface area contributed by atoms with E-state index in [1.54, 1.807) is 30.6 Å². The second kappa shape index (κ2) is 8.56. The standard InChI is InChI=1S/C18H19N7O2/c19-15(26)6-8-21-18(27)12-3-1-5-14(9-12)24-16(17-22-11-23-25-17)13-4-2-7-20-10-13/h1-5,7,9-11,16,24H,6,8H2,(H2,19,26)(H,21,27)(H,22,23,25). The van der Waals surface area contributed by atoms with E-state index in [-0.39, 0.29) is 24.9 Å². The number of benzene rings is 1.